The number of halogens is 1. The molecular formula is C17H13BrN4O2. The highest BCUT2D eigenvalue weighted by Gasteiger charge is 2.33. The predicted octanol–water partition coefficient (Wildman–Crippen LogP) is 2.84. The molecule has 0 atom stereocenters. The molecule has 0 saturated heterocycles. The van der Waals surface area contributed by atoms with E-state index in [0.717, 1.165) is 15.7 Å². The molecule has 0 N–H and O–H groups in total. The predicted molar refractivity (Wildman–Crippen MR) is 93.2 cm³/mol. The lowest BCUT2D eigenvalue weighted by atomic mass is 10.2. The second kappa shape index (κ2) is 5.76. The van der Waals surface area contributed by atoms with E-state index in [9.17, 15) is 9.59 Å². The molecule has 1 amide bonds. The highest BCUT2D eigenvalue weighted by Crippen LogP contribution is 2.22. The summed E-state index contributed by atoms with van der Waals surface area (Å²) in [6.07, 6.45) is 0. The first-order valence-corrected chi connectivity index (χ1v) is 8.23. The lowest BCUT2D eigenvalue weighted by molar-refractivity contribution is 0.244. The minimum atomic E-state index is -0.408. The van der Waals surface area contributed by atoms with Gasteiger partial charge in [-0.15, -0.1) is 0 Å². The molecular weight excluding hydrogens is 372 g/mol. The largest absolute Gasteiger partial charge is 0.364 e. The van der Waals surface area contributed by atoms with Gasteiger partial charge in [-0.05, 0) is 29.8 Å². The molecule has 1 aromatic heterocycles. The number of anilines is 1. The zero-order valence-electron chi connectivity index (χ0n) is 12.6. The third-order valence-electron chi connectivity index (χ3n) is 3.96. The van der Waals surface area contributed by atoms with Crippen molar-refractivity contribution in [3.05, 3.63) is 80.9 Å². The van der Waals surface area contributed by atoms with E-state index < -0.39 is 5.69 Å². The molecule has 7 heteroatoms. The van der Waals surface area contributed by atoms with Crippen molar-refractivity contribution in [2.24, 2.45) is 0 Å². The van der Waals surface area contributed by atoms with Crippen LogP contribution in [0.15, 0.2) is 63.9 Å². The smallest absolute Gasteiger partial charge is 0.285 e. The Morgan fingerprint density at radius 1 is 1.00 bits per heavy atom. The van der Waals surface area contributed by atoms with Crippen molar-refractivity contribution < 1.29 is 4.79 Å². The fourth-order valence-electron chi connectivity index (χ4n) is 2.79. The third-order valence-corrected chi connectivity index (χ3v) is 4.49. The van der Waals surface area contributed by atoms with Gasteiger partial charge in [-0.2, -0.15) is 9.67 Å². The molecule has 1 aliphatic heterocycles. The number of para-hydroxylation sites is 1. The number of hydrogen-bond acceptors (Lipinski definition) is 3. The van der Waals surface area contributed by atoms with Crippen molar-refractivity contribution in [1.29, 1.82) is 0 Å². The molecule has 24 heavy (non-hydrogen) atoms. The van der Waals surface area contributed by atoms with E-state index in [2.05, 4.69) is 20.9 Å². The van der Waals surface area contributed by atoms with E-state index >= 15 is 0 Å². The molecule has 120 valence electrons. The molecule has 0 saturated carbocycles. The first kappa shape index (κ1) is 14.9. The Labute approximate surface area is 146 Å². The summed E-state index contributed by atoms with van der Waals surface area (Å²) in [5.74, 6) is 0.464. The summed E-state index contributed by atoms with van der Waals surface area (Å²) in [6, 6.07) is 16.7. The molecule has 0 radical (unpaired) electrons. The summed E-state index contributed by atoms with van der Waals surface area (Å²) < 4.78 is 3.71. The number of rotatable bonds is 3. The van der Waals surface area contributed by atoms with Gasteiger partial charge in [0.2, 0.25) is 0 Å². The van der Waals surface area contributed by atoms with E-state index in [-0.39, 0.29) is 6.03 Å². The first-order chi connectivity index (χ1) is 11.6. The molecule has 0 spiro atoms. The molecule has 2 heterocycles. The van der Waals surface area contributed by atoms with Crippen LogP contribution >= 0.6 is 15.9 Å². The van der Waals surface area contributed by atoms with Gasteiger partial charge >= 0.3 is 11.7 Å². The van der Waals surface area contributed by atoms with E-state index in [1.165, 1.54) is 9.36 Å². The van der Waals surface area contributed by atoms with Gasteiger partial charge in [0, 0.05) is 10.2 Å². The van der Waals surface area contributed by atoms with Crippen LogP contribution in [0.3, 0.4) is 0 Å². The van der Waals surface area contributed by atoms with Gasteiger partial charge in [-0.25, -0.2) is 14.3 Å². The van der Waals surface area contributed by atoms with Crippen LogP contribution in [0.5, 0.6) is 0 Å². The SMILES string of the molecule is O=C1N(c2ccccc2)Cc2nc(=O)n(Cc3ccc(Br)cc3)n21. The number of fused-ring (bicyclic) bond motifs is 1. The summed E-state index contributed by atoms with van der Waals surface area (Å²) in [5, 5.41) is 0. The molecule has 4 rings (SSSR count). The Balaban J connectivity index is 1.70. The van der Waals surface area contributed by atoms with Gasteiger partial charge in [-0.1, -0.05) is 46.3 Å². The molecule has 0 fully saturated rings. The Morgan fingerprint density at radius 2 is 1.71 bits per heavy atom. The summed E-state index contributed by atoms with van der Waals surface area (Å²) in [7, 11) is 0. The van der Waals surface area contributed by atoms with Gasteiger partial charge in [0.1, 0.15) is 0 Å². The van der Waals surface area contributed by atoms with E-state index in [0.29, 0.717) is 18.9 Å². The Morgan fingerprint density at radius 3 is 2.42 bits per heavy atom. The number of benzene rings is 2. The van der Waals surface area contributed by atoms with Crippen LogP contribution in [0.25, 0.3) is 0 Å². The molecule has 0 unspecified atom stereocenters. The Kier molecular flexibility index (Phi) is 3.57. The van der Waals surface area contributed by atoms with Gasteiger partial charge in [0.15, 0.2) is 5.82 Å². The molecule has 1 aliphatic rings. The van der Waals surface area contributed by atoms with Crippen LogP contribution in [0.2, 0.25) is 0 Å². The summed E-state index contributed by atoms with van der Waals surface area (Å²) in [5.41, 5.74) is 1.30. The first-order valence-electron chi connectivity index (χ1n) is 7.43. The van der Waals surface area contributed by atoms with Crippen LogP contribution in [-0.4, -0.2) is 20.4 Å². The number of amides is 1. The van der Waals surface area contributed by atoms with E-state index in [4.69, 9.17) is 0 Å². The minimum Gasteiger partial charge on any atom is -0.285 e. The molecule has 0 bridgehead atoms. The van der Waals surface area contributed by atoms with Crippen LogP contribution in [-0.2, 0) is 13.1 Å². The summed E-state index contributed by atoms with van der Waals surface area (Å²) >= 11 is 3.38. The van der Waals surface area contributed by atoms with Gasteiger partial charge < -0.3 is 0 Å². The third kappa shape index (κ3) is 2.46. The maximum absolute atomic E-state index is 12.8. The number of carbonyl (C=O) groups is 1. The second-order valence-corrected chi connectivity index (χ2v) is 6.43. The van der Waals surface area contributed by atoms with Crippen molar-refractivity contribution in [2.75, 3.05) is 4.90 Å². The Bertz CT molecular complexity index is 961. The van der Waals surface area contributed by atoms with E-state index in [1.807, 2.05) is 54.6 Å². The summed E-state index contributed by atoms with van der Waals surface area (Å²) in [4.78, 5) is 30.6. The number of nitrogens with zero attached hydrogens (tertiary/aromatic N) is 4. The zero-order valence-corrected chi connectivity index (χ0v) is 14.2. The van der Waals surface area contributed by atoms with Gasteiger partial charge in [0.25, 0.3) is 0 Å². The van der Waals surface area contributed by atoms with E-state index in [1.54, 1.807) is 4.90 Å². The minimum absolute atomic E-state index is 0.261. The molecule has 3 aromatic rings. The number of aromatic nitrogens is 3. The number of hydrogen-bond donors (Lipinski definition) is 0. The normalized spacial score (nSPS) is 13.4. The lowest BCUT2D eigenvalue weighted by Gasteiger charge is -2.15. The van der Waals surface area contributed by atoms with Gasteiger partial charge in [0.05, 0.1) is 13.1 Å². The lowest BCUT2D eigenvalue weighted by Crippen LogP contribution is -2.34. The van der Waals surface area contributed by atoms with Gasteiger partial charge in [-0.3, -0.25) is 4.90 Å². The molecule has 2 aromatic carbocycles. The maximum Gasteiger partial charge on any atom is 0.364 e. The van der Waals surface area contributed by atoms with Crippen LogP contribution < -0.4 is 10.6 Å². The van der Waals surface area contributed by atoms with Crippen LogP contribution in [0.4, 0.5) is 10.5 Å². The van der Waals surface area contributed by atoms with Crippen molar-refractivity contribution in [3.63, 3.8) is 0 Å². The highest BCUT2D eigenvalue weighted by atomic mass is 79.9. The van der Waals surface area contributed by atoms with Crippen molar-refractivity contribution in [1.82, 2.24) is 14.3 Å². The van der Waals surface area contributed by atoms with Crippen molar-refractivity contribution in [2.45, 2.75) is 13.1 Å². The van der Waals surface area contributed by atoms with Crippen molar-refractivity contribution >= 4 is 27.6 Å². The molecule has 0 aliphatic carbocycles. The Hall–Kier alpha value is -2.67. The standard InChI is InChI=1S/C17H13BrN4O2/c18-13-8-6-12(7-9-13)10-21-16(23)19-15-11-20(17(24)22(15)21)14-4-2-1-3-5-14/h1-9H,10-11H2. The highest BCUT2D eigenvalue weighted by molar-refractivity contribution is 9.10. The zero-order chi connectivity index (χ0) is 16.7. The average Bonchev–Trinajstić information content (AvgIpc) is 3.07. The number of carbonyl (C=O) groups excluding carboxylic acids is 1. The summed E-state index contributed by atoms with van der Waals surface area (Å²) in [6.45, 7) is 0.596. The maximum atomic E-state index is 12.8. The fraction of sp³-hybridized carbons (Fsp3) is 0.118. The van der Waals surface area contributed by atoms with Crippen LogP contribution in [0, 0.1) is 0 Å². The van der Waals surface area contributed by atoms with Crippen molar-refractivity contribution in [3.8, 4) is 0 Å². The second-order valence-electron chi connectivity index (χ2n) is 5.51. The fourth-order valence-corrected chi connectivity index (χ4v) is 3.05. The van der Waals surface area contributed by atoms with Crippen LogP contribution in [0.1, 0.15) is 11.4 Å². The quantitative estimate of drug-likeness (QED) is 0.697. The average molecular weight is 385 g/mol. The topological polar surface area (TPSA) is 60.1 Å². The molecule has 6 nitrogen and oxygen atoms in total. The monoisotopic (exact) mass is 384 g/mol.